The molecule has 0 radical (unpaired) electrons. The molecule has 0 amide bonds. The van der Waals surface area contributed by atoms with Gasteiger partial charge in [-0.2, -0.15) is 0 Å². The maximum absolute atomic E-state index is 5.87. The summed E-state index contributed by atoms with van der Waals surface area (Å²) in [5, 5.41) is 3.40. The molecule has 0 spiro atoms. The topological polar surface area (TPSA) is 47.3 Å². The first-order chi connectivity index (χ1) is 9.11. The largest absolute Gasteiger partial charge is 0.492 e. The highest BCUT2D eigenvalue weighted by molar-refractivity contribution is 5.69. The van der Waals surface area contributed by atoms with Crippen molar-refractivity contribution in [1.29, 1.82) is 0 Å². The molecule has 0 aromatic heterocycles. The average Bonchev–Trinajstić information content (AvgIpc) is 2.39. The van der Waals surface area contributed by atoms with Gasteiger partial charge in [-0.25, -0.2) is 0 Å². The van der Waals surface area contributed by atoms with Gasteiger partial charge in [0.15, 0.2) is 0 Å². The van der Waals surface area contributed by atoms with Crippen LogP contribution in [0, 0.1) is 13.8 Å². The molecule has 0 aliphatic carbocycles. The normalized spacial score (nSPS) is 10.3. The van der Waals surface area contributed by atoms with Crippen LogP contribution in [0.4, 0.5) is 17.1 Å². The van der Waals surface area contributed by atoms with Crippen molar-refractivity contribution in [2.75, 3.05) is 17.7 Å². The Kier molecular flexibility index (Phi) is 3.95. The summed E-state index contributed by atoms with van der Waals surface area (Å²) in [5.74, 6) is 0.720. The molecule has 0 aliphatic rings. The van der Waals surface area contributed by atoms with Gasteiger partial charge in [-0.15, -0.1) is 0 Å². The molecule has 2 aromatic rings. The minimum atomic E-state index is 0.608. The Labute approximate surface area is 114 Å². The molecule has 3 heteroatoms. The predicted molar refractivity (Wildman–Crippen MR) is 81.2 cm³/mol. The second-order valence-electron chi connectivity index (χ2n) is 4.56. The summed E-state index contributed by atoms with van der Waals surface area (Å²) in [6, 6.07) is 12.0. The Balaban J connectivity index is 2.28. The smallest absolute Gasteiger partial charge is 0.144 e. The van der Waals surface area contributed by atoms with Gasteiger partial charge in [0.1, 0.15) is 5.75 Å². The molecule has 0 saturated carbocycles. The van der Waals surface area contributed by atoms with Gasteiger partial charge >= 0.3 is 0 Å². The average molecular weight is 256 g/mol. The van der Waals surface area contributed by atoms with Crippen molar-refractivity contribution in [2.24, 2.45) is 0 Å². The molecule has 0 unspecified atom stereocenters. The van der Waals surface area contributed by atoms with Crippen molar-refractivity contribution in [3.05, 3.63) is 47.5 Å². The van der Waals surface area contributed by atoms with Crippen LogP contribution >= 0.6 is 0 Å². The number of benzene rings is 2. The summed E-state index contributed by atoms with van der Waals surface area (Å²) in [7, 11) is 0. The molecule has 0 bridgehead atoms. The maximum Gasteiger partial charge on any atom is 0.144 e. The monoisotopic (exact) mass is 256 g/mol. The lowest BCUT2D eigenvalue weighted by Crippen LogP contribution is -1.99. The molecule has 0 saturated heterocycles. The summed E-state index contributed by atoms with van der Waals surface area (Å²) < 4.78 is 5.50. The van der Waals surface area contributed by atoms with E-state index in [-0.39, 0.29) is 0 Å². The standard InChI is InChI=1S/C16H20N2O/c1-4-19-16-10-13(8-9-14(16)17)18-15-7-5-6-11(2)12(15)3/h5-10,18H,4,17H2,1-3H3. The van der Waals surface area contributed by atoms with Crippen molar-refractivity contribution >= 4 is 17.1 Å². The van der Waals surface area contributed by atoms with Gasteiger partial charge in [0, 0.05) is 17.4 Å². The van der Waals surface area contributed by atoms with Gasteiger partial charge in [-0.1, -0.05) is 12.1 Å². The van der Waals surface area contributed by atoms with E-state index >= 15 is 0 Å². The van der Waals surface area contributed by atoms with E-state index in [2.05, 4.69) is 31.3 Å². The van der Waals surface area contributed by atoms with E-state index in [0.717, 1.165) is 17.1 Å². The van der Waals surface area contributed by atoms with E-state index in [1.165, 1.54) is 11.1 Å². The fraction of sp³-hybridized carbons (Fsp3) is 0.250. The van der Waals surface area contributed by atoms with Crippen molar-refractivity contribution in [3.8, 4) is 5.75 Å². The molecule has 3 nitrogen and oxygen atoms in total. The van der Waals surface area contributed by atoms with Crippen LogP contribution in [0.3, 0.4) is 0 Å². The number of anilines is 3. The highest BCUT2D eigenvalue weighted by Gasteiger charge is 2.04. The Morgan fingerprint density at radius 3 is 2.68 bits per heavy atom. The quantitative estimate of drug-likeness (QED) is 0.812. The van der Waals surface area contributed by atoms with Gasteiger partial charge in [0.05, 0.1) is 12.3 Å². The van der Waals surface area contributed by atoms with Crippen LogP contribution in [-0.2, 0) is 0 Å². The zero-order chi connectivity index (χ0) is 13.8. The van der Waals surface area contributed by atoms with Gasteiger partial charge in [-0.3, -0.25) is 0 Å². The Bertz CT molecular complexity index is 579. The number of nitrogen functional groups attached to an aromatic ring is 1. The SMILES string of the molecule is CCOc1cc(Nc2cccc(C)c2C)ccc1N. The lowest BCUT2D eigenvalue weighted by Gasteiger charge is -2.13. The van der Waals surface area contributed by atoms with Crippen LogP contribution in [0.1, 0.15) is 18.1 Å². The summed E-state index contributed by atoms with van der Waals surface area (Å²) in [6.07, 6.45) is 0. The molecular weight excluding hydrogens is 236 g/mol. The van der Waals surface area contributed by atoms with Gasteiger partial charge in [0.25, 0.3) is 0 Å². The van der Waals surface area contributed by atoms with Crippen molar-refractivity contribution < 1.29 is 4.74 Å². The number of nitrogens with two attached hydrogens (primary N) is 1. The van der Waals surface area contributed by atoms with Crippen molar-refractivity contribution in [1.82, 2.24) is 0 Å². The number of hydrogen-bond acceptors (Lipinski definition) is 3. The first-order valence-corrected chi connectivity index (χ1v) is 6.47. The maximum atomic E-state index is 5.87. The van der Waals surface area contributed by atoms with E-state index in [9.17, 15) is 0 Å². The second-order valence-corrected chi connectivity index (χ2v) is 4.56. The van der Waals surface area contributed by atoms with E-state index in [1.54, 1.807) is 0 Å². The minimum Gasteiger partial charge on any atom is -0.492 e. The number of aryl methyl sites for hydroxylation is 1. The molecule has 0 fully saturated rings. The van der Waals surface area contributed by atoms with Gasteiger partial charge in [-0.05, 0) is 50.1 Å². The Morgan fingerprint density at radius 1 is 1.16 bits per heavy atom. The van der Waals surface area contributed by atoms with E-state index in [4.69, 9.17) is 10.5 Å². The predicted octanol–water partition coefficient (Wildman–Crippen LogP) is 4.03. The second kappa shape index (κ2) is 5.65. The molecule has 19 heavy (non-hydrogen) atoms. The number of hydrogen-bond donors (Lipinski definition) is 2. The van der Waals surface area contributed by atoms with E-state index in [0.29, 0.717) is 12.3 Å². The van der Waals surface area contributed by atoms with E-state index in [1.807, 2.05) is 31.2 Å². The molecule has 0 atom stereocenters. The highest BCUT2D eigenvalue weighted by atomic mass is 16.5. The first-order valence-electron chi connectivity index (χ1n) is 6.47. The van der Waals surface area contributed by atoms with Crippen LogP contribution in [0.25, 0.3) is 0 Å². The summed E-state index contributed by atoms with van der Waals surface area (Å²) in [4.78, 5) is 0. The molecule has 3 N–H and O–H groups in total. The summed E-state index contributed by atoms with van der Waals surface area (Å²) in [5.41, 5.74) is 11.1. The minimum absolute atomic E-state index is 0.608. The number of nitrogens with one attached hydrogen (secondary N) is 1. The third-order valence-electron chi connectivity index (χ3n) is 3.20. The van der Waals surface area contributed by atoms with Crippen LogP contribution < -0.4 is 15.8 Å². The zero-order valence-corrected chi connectivity index (χ0v) is 11.7. The van der Waals surface area contributed by atoms with Crippen LogP contribution in [0.2, 0.25) is 0 Å². The first kappa shape index (κ1) is 13.3. The lowest BCUT2D eigenvalue weighted by atomic mass is 10.1. The Hall–Kier alpha value is -2.16. The van der Waals surface area contributed by atoms with Gasteiger partial charge in [0.2, 0.25) is 0 Å². The lowest BCUT2D eigenvalue weighted by molar-refractivity contribution is 0.342. The molecule has 0 heterocycles. The highest BCUT2D eigenvalue weighted by Crippen LogP contribution is 2.29. The van der Waals surface area contributed by atoms with Crippen molar-refractivity contribution in [3.63, 3.8) is 0 Å². The molecule has 0 aliphatic heterocycles. The molecule has 2 rings (SSSR count). The number of rotatable bonds is 4. The molecule has 2 aromatic carbocycles. The van der Waals surface area contributed by atoms with Crippen molar-refractivity contribution in [2.45, 2.75) is 20.8 Å². The van der Waals surface area contributed by atoms with Crippen LogP contribution in [-0.4, -0.2) is 6.61 Å². The summed E-state index contributed by atoms with van der Waals surface area (Å²) >= 11 is 0. The van der Waals surface area contributed by atoms with Crippen LogP contribution in [0.15, 0.2) is 36.4 Å². The fourth-order valence-corrected chi connectivity index (χ4v) is 1.93. The molecular formula is C16H20N2O. The van der Waals surface area contributed by atoms with Gasteiger partial charge < -0.3 is 15.8 Å². The fourth-order valence-electron chi connectivity index (χ4n) is 1.93. The number of ether oxygens (including phenoxy) is 1. The third-order valence-corrected chi connectivity index (χ3v) is 3.20. The van der Waals surface area contributed by atoms with E-state index < -0.39 is 0 Å². The molecule has 100 valence electrons. The zero-order valence-electron chi connectivity index (χ0n) is 11.7. The summed E-state index contributed by atoms with van der Waals surface area (Å²) in [6.45, 7) is 6.77. The van der Waals surface area contributed by atoms with Crippen LogP contribution in [0.5, 0.6) is 5.75 Å². The third kappa shape index (κ3) is 2.99. The Morgan fingerprint density at radius 2 is 1.95 bits per heavy atom.